The molecule has 1 fully saturated rings. The predicted molar refractivity (Wildman–Crippen MR) is 88.9 cm³/mol. The molecule has 2 rings (SSSR count). The van der Waals surface area contributed by atoms with Gasteiger partial charge in [0.05, 0.1) is 6.61 Å². The van der Waals surface area contributed by atoms with Gasteiger partial charge in [0.25, 0.3) is 0 Å². The van der Waals surface area contributed by atoms with Crippen molar-refractivity contribution < 1.29 is 4.74 Å². The molecule has 2 nitrogen and oxygen atoms in total. The second-order valence-electron chi connectivity index (χ2n) is 5.61. The van der Waals surface area contributed by atoms with Gasteiger partial charge in [0.2, 0.25) is 0 Å². The molecule has 0 heterocycles. The van der Waals surface area contributed by atoms with Crippen molar-refractivity contribution in [3.8, 4) is 5.75 Å². The van der Waals surface area contributed by atoms with Crippen molar-refractivity contribution in [2.24, 2.45) is 0 Å². The van der Waals surface area contributed by atoms with Crippen molar-refractivity contribution in [3.05, 3.63) is 28.8 Å². The Labute approximate surface area is 127 Å². The summed E-state index contributed by atoms with van der Waals surface area (Å²) < 4.78 is 5.97. The van der Waals surface area contributed by atoms with Gasteiger partial charge in [-0.15, -0.1) is 0 Å². The van der Waals surface area contributed by atoms with E-state index in [9.17, 15) is 0 Å². The van der Waals surface area contributed by atoms with Crippen LogP contribution < -0.4 is 10.1 Å². The van der Waals surface area contributed by atoms with Gasteiger partial charge >= 0.3 is 0 Å². The first-order valence-corrected chi connectivity index (χ1v) is 8.90. The average molecular weight is 293 g/mol. The summed E-state index contributed by atoms with van der Waals surface area (Å²) in [7, 11) is 0. The largest absolute Gasteiger partial charge is 0.493 e. The zero-order chi connectivity index (χ0) is 14.4. The van der Waals surface area contributed by atoms with Crippen LogP contribution in [0.25, 0.3) is 0 Å². The number of ether oxygens (including phenoxy) is 1. The highest BCUT2D eigenvalue weighted by atomic mass is 32.2. The van der Waals surface area contributed by atoms with Crippen LogP contribution in [0.4, 0.5) is 0 Å². The average Bonchev–Trinajstić information content (AvgIpc) is 3.23. The highest BCUT2D eigenvalue weighted by molar-refractivity contribution is 7.99. The normalized spacial score (nSPS) is 14.6. The molecular weight excluding hydrogens is 266 g/mol. The summed E-state index contributed by atoms with van der Waals surface area (Å²) in [6, 6.07) is 5.29. The van der Waals surface area contributed by atoms with E-state index in [0.717, 1.165) is 31.4 Å². The lowest BCUT2D eigenvalue weighted by atomic mass is 10.1. The van der Waals surface area contributed by atoms with Crippen LogP contribution in [0.3, 0.4) is 0 Å². The monoisotopic (exact) mass is 293 g/mol. The Balaban J connectivity index is 1.84. The summed E-state index contributed by atoms with van der Waals surface area (Å²) in [5, 5.41) is 3.57. The lowest BCUT2D eigenvalue weighted by Gasteiger charge is -2.14. The van der Waals surface area contributed by atoms with Crippen molar-refractivity contribution >= 4 is 11.8 Å². The fourth-order valence-corrected chi connectivity index (χ4v) is 3.01. The molecule has 0 saturated heterocycles. The Morgan fingerprint density at radius 1 is 1.25 bits per heavy atom. The minimum Gasteiger partial charge on any atom is -0.493 e. The van der Waals surface area contributed by atoms with E-state index < -0.39 is 0 Å². The fraction of sp³-hybridized carbons (Fsp3) is 0.647. The van der Waals surface area contributed by atoms with Gasteiger partial charge < -0.3 is 10.1 Å². The Morgan fingerprint density at radius 3 is 2.55 bits per heavy atom. The maximum atomic E-state index is 5.97. The molecular formula is C17H27NOS. The molecule has 1 aliphatic carbocycles. The molecule has 3 heteroatoms. The highest BCUT2D eigenvalue weighted by Gasteiger charge is 2.20. The standard InChI is InChI=1S/C17H27NOS/c1-4-20-9-5-8-19-17-13(2)10-15(11-14(17)3)12-18-16-6-7-16/h10-11,16,18H,4-9,12H2,1-3H3. The number of nitrogens with one attached hydrogen (secondary N) is 1. The third kappa shape index (κ3) is 5.02. The van der Waals surface area contributed by atoms with Crippen LogP contribution in [0, 0.1) is 13.8 Å². The van der Waals surface area contributed by atoms with Crippen LogP contribution in [0.5, 0.6) is 5.75 Å². The molecule has 0 spiro atoms. The topological polar surface area (TPSA) is 21.3 Å². The van der Waals surface area contributed by atoms with Gasteiger partial charge in [-0.2, -0.15) is 11.8 Å². The van der Waals surface area contributed by atoms with E-state index in [1.165, 1.54) is 41.0 Å². The van der Waals surface area contributed by atoms with Gasteiger partial charge in [-0.05, 0) is 61.3 Å². The van der Waals surface area contributed by atoms with Crippen molar-refractivity contribution in [1.29, 1.82) is 0 Å². The second kappa shape index (κ2) is 7.94. The van der Waals surface area contributed by atoms with Gasteiger partial charge in [-0.1, -0.05) is 19.1 Å². The van der Waals surface area contributed by atoms with Crippen molar-refractivity contribution in [2.45, 2.75) is 52.6 Å². The molecule has 112 valence electrons. The maximum Gasteiger partial charge on any atom is 0.125 e. The van der Waals surface area contributed by atoms with Gasteiger partial charge in [0.1, 0.15) is 5.75 Å². The number of rotatable bonds is 9. The number of hydrogen-bond acceptors (Lipinski definition) is 3. The van der Waals surface area contributed by atoms with Crippen molar-refractivity contribution in [3.63, 3.8) is 0 Å². The van der Waals surface area contributed by atoms with Crippen LogP contribution in [0.2, 0.25) is 0 Å². The van der Waals surface area contributed by atoms with Crippen LogP contribution in [-0.2, 0) is 6.54 Å². The molecule has 1 aromatic carbocycles. The van der Waals surface area contributed by atoms with Gasteiger partial charge in [-0.25, -0.2) is 0 Å². The SMILES string of the molecule is CCSCCCOc1c(C)cc(CNC2CC2)cc1C. The molecule has 1 aromatic rings. The summed E-state index contributed by atoms with van der Waals surface area (Å²) in [5.41, 5.74) is 3.90. The smallest absolute Gasteiger partial charge is 0.125 e. The summed E-state index contributed by atoms with van der Waals surface area (Å²) in [5.74, 6) is 3.47. The lowest BCUT2D eigenvalue weighted by molar-refractivity contribution is 0.314. The molecule has 0 bridgehead atoms. The van der Waals surface area contributed by atoms with E-state index in [2.05, 4.69) is 38.2 Å². The molecule has 20 heavy (non-hydrogen) atoms. The van der Waals surface area contributed by atoms with E-state index >= 15 is 0 Å². The van der Waals surface area contributed by atoms with Crippen LogP contribution in [0.15, 0.2) is 12.1 Å². The number of aryl methyl sites for hydroxylation is 2. The zero-order valence-corrected chi connectivity index (χ0v) is 13.8. The predicted octanol–water partition coefficient (Wildman–Crippen LogP) is 4.08. The second-order valence-corrected chi connectivity index (χ2v) is 7.01. The number of benzene rings is 1. The molecule has 0 aliphatic heterocycles. The van der Waals surface area contributed by atoms with E-state index in [-0.39, 0.29) is 0 Å². The Hall–Kier alpha value is -0.670. The summed E-state index contributed by atoms with van der Waals surface area (Å²) in [4.78, 5) is 0. The van der Waals surface area contributed by atoms with Crippen LogP contribution in [0.1, 0.15) is 42.9 Å². The van der Waals surface area contributed by atoms with E-state index in [1.54, 1.807) is 0 Å². The molecule has 0 radical (unpaired) electrons. The first kappa shape index (κ1) is 15.7. The van der Waals surface area contributed by atoms with E-state index in [4.69, 9.17) is 4.74 Å². The van der Waals surface area contributed by atoms with Gasteiger partial charge in [-0.3, -0.25) is 0 Å². The third-order valence-corrected chi connectivity index (χ3v) is 4.56. The molecule has 1 saturated carbocycles. The van der Waals surface area contributed by atoms with Crippen LogP contribution in [-0.4, -0.2) is 24.2 Å². The van der Waals surface area contributed by atoms with Crippen molar-refractivity contribution in [1.82, 2.24) is 5.32 Å². The minimum atomic E-state index is 0.766. The lowest BCUT2D eigenvalue weighted by Crippen LogP contribution is -2.15. The molecule has 0 amide bonds. The van der Waals surface area contributed by atoms with Crippen LogP contribution >= 0.6 is 11.8 Å². The first-order chi connectivity index (χ1) is 9.70. The zero-order valence-electron chi connectivity index (χ0n) is 13.0. The molecule has 0 unspecified atom stereocenters. The Kier molecular flexibility index (Phi) is 6.24. The molecule has 1 N–H and O–H groups in total. The molecule has 0 atom stereocenters. The number of thioether (sulfide) groups is 1. The first-order valence-electron chi connectivity index (χ1n) is 7.74. The summed E-state index contributed by atoms with van der Waals surface area (Å²) >= 11 is 1.98. The summed E-state index contributed by atoms with van der Waals surface area (Å²) in [6.07, 6.45) is 3.81. The quantitative estimate of drug-likeness (QED) is 0.693. The highest BCUT2D eigenvalue weighted by Crippen LogP contribution is 2.26. The maximum absolute atomic E-state index is 5.97. The summed E-state index contributed by atoms with van der Waals surface area (Å²) in [6.45, 7) is 8.33. The Bertz CT molecular complexity index is 406. The van der Waals surface area contributed by atoms with Gasteiger partial charge in [0.15, 0.2) is 0 Å². The Morgan fingerprint density at radius 2 is 1.95 bits per heavy atom. The van der Waals surface area contributed by atoms with E-state index in [1.807, 2.05) is 11.8 Å². The number of hydrogen-bond donors (Lipinski definition) is 1. The third-order valence-electron chi connectivity index (χ3n) is 3.58. The molecule has 1 aliphatic rings. The fourth-order valence-electron chi connectivity index (χ4n) is 2.40. The molecule has 0 aromatic heterocycles. The van der Waals surface area contributed by atoms with E-state index in [0.29, 0.717) is 0 Å². The van der Waals surface area contributed by atoms with Gasteiger partial charge in [0, 0.05) is 12.6 Å². The minimum absolute atomic E-state index is 0.766. The van der Waals surface area contributed by atoms with Crippen molar-refractivity contribution in [2.75, 3.05) is 18.1 Å².